The maximum atomic E-state index is 12.8. The number of unbranched alkanes of at least 4 members (excludes halogenated alkanes) is 1. The van der Waals surface area contributed by atoms with Gasteiger partial charge in [0.15, 0.2) is 15.6 Å². The van der Waals surface area contributed by atoms with E-state index in [2.05, 4.69) is 0 Å². The van der Waals surface area contributed by atoms with Crippen molar-refractivity contribution in [1.82, 2.24) is 5.48 Å². The third kappa shape index (κ3) is 4.78. The van der Waals surface area contributed by atoms with Crippen LogP contribution in [-0.4, -0.2) is 43.4 Å². The number of amides is 1. The first-order valence-electron chi connectivity index (χ1n) is 7.47. The third-order valence-corrected chi connectivity index (χ3v) is 6.11. The summed E-state index contributed by atoms with van der Waals surface area (Å²) in [6.45, 7) is 1.40. The maximum Gasteiger partial charge on any atom is 0.243 e. The molecule has 134 valence electrons. The van der Waals surface area contributed by atoms with Gasteiger partial charge in [0.1, 0.15) is 10.5 Å². The fourth-order valence-corrected chi connectivity index (χ4v) is 3.29. The van der Waals surface area contributed by atoms with Gasteiger partial charge >= 0.3 is 0 Å². The molecule has 1 aromatic carbocycles. The molecule has 0 aliphatic carbocycles. The largest absolute Gasteiger partial charge is 0.497 e. The number of carbonyl (C=O) groups is 2. The summed E-state index contributed by atoms with van der Waals surface area (Å²) in [7, 11) is -2.16. The minimum Gasteiger partial charge on any atom is -0.497 e. The van der Waals surface area contributed by atoms with Crippen molar-refractivity contribution in [2.45, 2.75) is 37.4 Å². The van der Waals surface area contributed by atoms with Crippen molar-refractivity contribution in [2.75, 3.05) is 13.4 Å². The van der Waals surface area contributed by atoms with Gasteiger partial charge in [0.2, 0.25) is 5.91 Å². The standard InChI is InChI=1S/C16H23NO6S/c1-16(24(3,21)22,11-5-4-6-14(18)17-20)15(19)12-7-9-13(23-2)10-8-12/h7-10,20H,4-6,11H2,1-3H3,(H,17,18). The zero-order valence-corrected chi connectivity index (χ0v) is 14.9. The highest BCUT2D eigenvalue weighted by molar-refractivity contribution is 7.92. The lowest BCUT2D eigenvalue weighted by Crippen LogP contribution is -2.43. The number of rotatable bonds is 9. The van der Waals surface area contributed by atoms with Gasteiger partial charge in [0.05, 0.1) is 7.11 Å². The smallest absolute Gasteiger partial charge is 0.243 e. The first-order valence-corrected chi connectivity index (χ1v) is 9.36. The van der Waals surface area contributed by atoms with Crippen molar-refractivity contribution < 1.29 is 28.0 Å². The van der Waals surface area contributed by atoms with Crippen LogP contribution in [0.4, 0.5) is 0 Å². The average Bonchev–Trinajstić information content (AvgIpc) is 2.56. The molecule has 1 rings (SSSR count). The SMILES string of the molecule is COc1ccc(C(=O)C(C)(CCCCC(=O)NO)S(C)(=O)=O)cc1. The number of hydroxylamine groups is 1. The van der Waals surface area contributed by atoms with Crippen LogP contribution in [0.3, 0.4) is 0 Å². The van der Waals surface area contributed by atoms with Crippen LogP contribution in [-0.2, 0) is 14.6 Å². The topological polar surface area (TPSA) is 110 Å². The lowest BCUT2D eigenvalue weighted by Gasteiger charge is -2.26. The number of benzene rings is 1. The Labute approximate surface area is 141 Å². The lowest BCUT2D eigenvalue weighted by atomic mass is 9.93. The Bertz CT molecular complexity index is 683. The molecule has 0 heterocycles. The van der Waals surface area contributed by atoms with E-state index >= 15 is 0 Å². The quantitative estimate of drug-likeness (QED) is 0.301. The second-order valence-electron chi connectivity index (χ2n) is 5.80. The molecule has 0 radical (unpaired) electrons. The van der Waals surface area contributed by atoms with E-state index < -0.39 is 26.3 Å². The van der Waals surface area contributed by atoms with E-state index in [9.17, 15) is 18.0 Å². The Morgan fingerprint density at radius 1 is 1.21 bits per heavy atom. The van der Waals surface area contributed by atoms with Gasteiger partial charge in [-0.25, -0.2) is 13.9 Å². The molecule has 0 spiro atoms. The van der Waals surface area contributed by atoms with Crippen LogP contribution in [0.5, 0.6) is 5.75 Å². The fourth-order valence-electron chi connectivity index (χ4n) is 2.32. The molecule has 2 N–H and O–H groups in total. The van der Waals surface area contributed by atoms with Crippen LogP contribution in [0.1, 0.15) is 43.0 Å². The summed E-state index contributed by atoms with van der Waals surface area (Å²) < 4.78 is 27.9. The zero-order valence-electron chi connectivity index (χ0n) is 14.0. The summed E-state index contributed by atoms with van der Waals surface area (Å²) in [5.41, 5.74) is 1.81. The average molecular weight is 357 g/mol. The monoisotopic (exact) mass is 357 g/mol. The van der Waals surface area contributed by atoms with Crippen molar-refractivity contribution in [1.29, 1.82) is 0 Å². The molecule has 0 bridgehead atoms. The summed E-state index contributed by atoms with van der Waals surface area (Å²) in [4.78, 5) is 23.7. The van der Waals surface area contributed by atoms with E-state index in [0.717, 1.165) is 6.26 Å². The maximum absolute atomic E-state index is 12.8. The van der Waals surface area contributed by atoms with Crippen LogP contribution in [0, 0.1) is 0 Å². The number of methoxy groups -OCH3 is 1. The summed E-state index contributed by atoms with van der Waals surface area (Å²) in [6.07, 6.45) is 1.92. The van der Waals surface area contributed by atoms with Crippen LogP contribution in [0.25, 0.3) is 0 Å². The predicted octanol–water partition coefficient (Wildman–Crippen LogP) is 1.75. The molecule has 1 amide bonds. The third-order valence-electron chi connectivity index (χ3n) is 4.08. The Balaban J connectivity index is 2.94. The summed E-state index contributed by atoms with van der Waals surface area (Å²) >= 11 is 0. The van der Waals surface area contributed by atoms with Crippen LogP contribution in [0.2, 0.25) is 0 Å². The number of Topliss-reactive ketones (excluding diaryl/α,β-unsaturated/α-hetero) is 1. The molecule has 0 aromatic heterocycles. The van der Waals surface area contributed by atoms with Crippen LogP contribution >= 0.6 is 0 Å². The zero-order chi connectivity index (χ0) is 18.4. The predicted molar refractivity (Wildman–Crippen MR) is 89.0 cm³/mol. The number of sulfone groups is 1. The van der Waals surface area contributed by atoms with E-state index in [4.69, 9.17) is 9.94 Å². The molecule has 24 heavy (non-hydrogen) atoms. The molecule has 0 fully saturated rings. The van der Waals surface area contributed by atoms with Crippen LogP contribution in [0.15, 0.2) is 24.3 Å². The molecule has 1 aromatic rings. The lowest BCUT2D eigenvalue weighted by molar-refractivity contribution is -0.129. The Kier molecular flexibility index (Phi) is 6.92. The minimum atomic E-state index is -3.66. The number of hydrogen-bond donors (Lipinski definition) is 2. The van der Waals surface area contributed by atoms with Gasteiger partial charge in [0.25, 0.3) is 0 Å². The van der Waals surface area contributed by atoms with Crippen molar-refractivity contribution in [3.63, 3.8) is 0 Å². The first kappa shape index (κ1) is 20.1. The molecule has 0 aliphatic rings. The molecule has 0 aliphatic heterocycles. The molecule has 7 nitrogen and oxygen atoms in total. The number of carbonyl (C=O) groups excluding carboxylic acids is 2. The molecular formula is C16H23NO6S. The molecule has 0 saturated carbocycles. The van der Waals surface area contributed by atoms with Crippen LogP contribution < -0.4 is 10.2 Å². The highest BCUT2D eigenvalue weighted by Gasteiger charge is 2.43. The second kappa shape index (κ2) is 8.25. The molecule has 1 unspecified atom stereocenters. The molecule has 1 atom stereocenters. The van der Waals surface area contributed by atoms with Gasteiger partial charge in [0, 0.05) is 18.2 Å². The molecule has 0 saturated heterocycles. The number of ether oxygens (including phenoxy) is 1. The van der Waals surface area contributed by atoms with E-state index in [1.54, 1.807) is 12.1 Å². The van der Waals surface area contributed by atoms with Gasteiger partial charge in [-0.05, 0) is 44.0 Å². The van der Waals surface area contributed by atoms with E-state index in [0.29, 0.717) is 18.6 Å². The Hall–Kier alpha value is -1.93. The minimum absolute atomic E-state index is 0.0626. The summed E-state index contributed by atoms with van der Waals surface area (Å²) in [5.74, 6) is -0.459. The molecular weight excluding hydrogens is 334 g/mol. The van der Waals surface area contributed by atoms with E-state index in [-0.39, 0.29) is 18.4 Å². The van der Waals surface area contributed by atoms with Crippen molar-refractivity contribution in [2.24, 2.45) is 0 Å². The van der Waals surface area contributed by atoms with Gasteiger partial charge in [-0.3, -0.25) is 14.8 Å². The summed E-state index contributed by atoms with van der Waals surface area (Å²) in [6, 6.07) is 6.26. The fraction of sp³-hybridized carbons (Fsp3) is 0.500. The van der Waals surface area contributed by atoms with E-state index in [1.165, 1.54) is 31.6 Å². The highest BCUT2D eigenvalue weighted by atomic mass is 32.2. The molecule has 8 heteroatoms. The van der Waals surface area contributed by atoms with Gasteiger partial charge in [-0.15, -0.1) is 0 Å². The first-order chi connectivity index (χ1) is 11.2. The number of hydrogen-bond acceptors (Lipinski definition) is 6. The second-order valence-corrected chi connectivity index (χ2v) is 8.25. The highest BCUT2D eigenvalue weighted by Crippen LogP contribution is 2.29. The van der Waals surface area contributed by atoms with Crippen molar-refractivity contribution in [3.05, 3.63) is 29.8 Å². The Morgan fingerprint density at radius 2 is 1.79 bits per heavy atom. The van der Waals surface area contributed by atoms with Gasteiger partial charge in [-0.1, -0.05) is 6.42 Å². The number of ketones is 1. The van der Waals surface area contributed by atoms with Crippen molar-refractivity contribution >= 4 is 21.5 Å². The normalized spacial score (nSPS) is 13.8. The number of nitrogens with one attached hydrogen (secondary N) is 1. The Morgan fingerprint density at radius 3 is 2.25 bits per heavy atom. The van der Waals surface area contributed by atoms with Gasteiger partial charge in [-0.2, -0.15) is 0 Å². The van der Waals surface area contributed by atoms with Gasteiger partial charge < -0.3 is 4.74 Å². The van der Waals surface area contributed by atoms with E-state index in [1.807, 2.05) is 0 Å². The summed E-state index contributed by atoms with van der Waals surface area (Å²) in [5, 5.41) is 8.44. The van der Waals surface area contributed by atoms with Crippen molar-refractivity contribution in [3.8, 4) is 5.75 Å².